The van der Waals surface area contributed by atoms with Gasteiger partial charge in [-0.25, -0.2) is 13.1 Å². The molecule has 0 bridgehead atoms. The molecule has 1 rings (SSSR count). The molecule has 0 spiro atoms. The summed E-state index contributed by atoms with van der Waals surface area (Å²) >= 11 is 6.09. The monoisotopic (exact) mass is 281 g/mol. The number of nitrogens with one attached hydrogen (secondary N) is 1. The first-order valence-corrected chi connectivity index (χ1v) is 8.52. The standard InChI is InChI=1S/C12H24ClNO2S/c1-10(2)8-11(13)9-14-17(15,16)12-6-4-3-5-7-12/h10-12,14H,3-9H2,1-2H3. The van der Waals surface area contributed by atoms with Crippen molar-refractivity contribution >= 4 is 21.6 Å². The molecule has 0 saturated heterocycles. The lowest BCUT2D eigenvalue weighted by Crippen LogP contribution is -2.38. The van der Waals surface area contributed by atoms with Gasteiger partial charge in [-0.05, 0) is 25.2 Å². The molecule has 1 saturated carbocycles. The van der Waals surface area contributed by atoms with Gasteiger partial charge in [0.05, 0.1) is 5.25 Å². The maximum Gasteiger partial charge on any atom is 0.214 e. The van der Waals surface area contributed by atoms with Gasteiger partial charge in [0, 0.05) is 11.9 Å². The first kappa shape index (κ1) is 15.3. The molecule has 0 aromatic rings. The maximum atomic E-state index is 12.0. The Morgan fingerprint density at radius 2 is 1.82 bits per heavy atom. The topological polar surface area (TPSA) is 46.2 Å². The summed E-state index contributed by atoms with van der Waals surface area (Å²) in [5.41, 5.74) is 0. The molecule has 102 valence electrons. The molecule has 1 fully saturated rings. The van der Waals surface area contributed by atoms with Crippen LogP contribution in [0.25, 0.3) is 0 Å². The van der Waals surface area contributed by atoms with E-state index in [9.17, 15) is 8.42 Å². The molecule has 0 radical (unpaired) electrons. The number of halogens is 1. The molecule has 0 aromatic carbocycles. The van der Waals surface area contributed by atoms with Crippen LogP contribution in [0, 0.1) is 5.92 Å². The van der Waals surface area contributed by atoms with Gasteiger partial charge in [0.25, 0.3) is 0 Å². The third-order valence-corrected chi connectivity index (χ3v) is 5.47. The Bertz CT molecular complexity index is 310. The highest BCUT2D eigenvalue weighted by Gasteiger charge is 2.27. The van der Waals surface area contributed by atoms with E-state index in [0.29, 0.717) is 12.5 Å². The normalized spacial score (nSPS) is 20.7. The van der Waals surface area contributed by atoms with Gasteiger partial charge < -0.3 is 0 Å². The van der Waals surface area contributed by atoms with Crippen LogP contribution in [0.3, 0.4) is 0 Å². The molecule has 1 N–H and O–H groups in total. The Kier molecular flexibility index (Phi) is 6.24. The zero-order valence-electron chi connectivity index (χ0n) is 10.8. The minimum Gasteiger partial charge on any atom is -0.214 e. The van der Waals surface area contributed by atoms with Crippen LogP contribution in [0.4, 0.5) is 0 Å². The maximum absolute atomic E-state index is 12.0. The minimum absolute atomic E-state index is 0.103. The Hall–Kier alpha value is 0.200. The molecule has 0 aromatic heterocycles. The highest BCUT2D eigenvalue weighted by Crippen LogP contribution is 2.23. The largest absolute Gasteiger partial charge is 0.214 e. The summed E-state index contributed by atoms with van der Waals surface area (Å²) in [5, 5.41) is -0.299. The Labute approximate surface area is 110 Å². The van der Waals surface area contributed by atoms with E-state index in [1.165, 1.54) is 0 Å². The van der Waals surface area contributed by atoms with Crippen LogP contribution in [-0.4, -0.2) is 25.6 Å². The Balaban J connectivity index is 2.38. The zero-order valence-corrected chi connectivity index (χ0v) is 12.4. The quantitative estimate of drug-likeness (QED) is 0.761. The Morgan fingerprint density at radius 1 is 1.24 bits per heavy atom. The zero-order chi connectivity index (χ0) is 12.9. The molecule has 1 aliphatic carbocycles. The van der Waals surface area contributed by atoms with E-state index in [2.05, 4.69) is 18.6 Å². The number of rotatable bonds is 6. The average Bonchev–Trinajstić information content (AvgIpc) is 2.27. The van der Waals surface area contributed by atoms with Crippen molar-refractivity contribution in [3.63, 3.8) is 0 Å². The highest BCUT2D eigenvalue weighted by molar-refractivity contribution is 7.90. The second-order valence-corrected chi connectivity index (χ2v) is 8.04. The average molecular weight is 282 g/mol. The third kappa shape index (κ3) is 5.58. The van der Waals surface area contributed by atoms with Gasteiger partial charge in [-0.3, -0.25) is 0 Å². The predicted molar refractivity (Wildman–Crippen MR) is 72.9 cm³/mol. The molecule has 17 heavy (non-hydrogen) atoms. The summed E-state index contributed by atoms with van der Waals surface area (Å²) < 4.78 is 26.7. The van der Waals surface area contributed by atoms with E-state index in [1.807, 2.05) is 0 Å². The van der Waals surface area contributed by atoms with Gasteiger partial charge in [0.15, 0.2) is 0 Å². The number of sulfonamides is 1. The lowest BCUT2D eigenvalue weighted by atomic mass is 10.0. The smallest absolute Gasteiger partial charge is 0.214 e. The van der Waals surface area contributed by atoms with Gasteiger partial charge in [-0.15, -0.1) is 11.6 Å². The molecule has 0 amide bonds. The van der Waals surface area contributed by atoms with Gasteiger partial charge in [-0.2, -0.15) is 0 Å². The molecule has 3 nitrogen and oxygen atoms in total. The van der Waals surface area contributed by atoms with Crippen molar-refractivity contribution in [3.8, 4) is 0 Å². The summed E-state index contributed by atoms with van der Waals surface area (Å²) in [6.07, 6.45) is 5.66. The second kappa shape index (κ2) is 6.95. The van der Waals surface area contributed by atoms with Gasteiger partial charge in [-0.1, -0.05) is 33.1 Å². The van der Waals surface area contributed by atoms with Gasteiger partial charge in [0.2, 0.25) is 10.0 Å². The van der Waals surface area contributed by atoms with Crippen molar-refractivity contribution < 1.29 is 8.42 Å². The van der Waals surface area contributed by atoms with Crippen LogP contribution in [0.5, 0.6) is 0 Å². The van der Waals surface area contributed by atoms with Gasteiger partial charge in [0.1, 0.15) is 0 Å². The van der Waals surface area contributed by atoms with Crippen molar-refractivity contribution in [2.75, 3.05) is 6.54 Å². The first-order chi connectivity index (χ1) is 7.92. The van der Waals surface area contributed by atoms with Crippen molar-refractivity contribution in [1.29, 1.82) is 0 Å². The van der Waals surface area contributed by atoms with Crippen LogP contribution in [0.2, 0.25) is 0 Å². The molecule has 0 heterocycles. The van der Waals surface area contributed by atoms with Crippen molar-refractivity contribution in [2.24, 2.45) is 5.92 Å². The van der Waals surface area contributed by atoms with E-state index in [1.54, 1.807) is 0 Å². The molecule has 5 heteroatoms. The van der Waals surface area contributed by atoms with E-state index < -0.39 is 10.0 Å². The van der Waals surface area contributed by atoms with Crippen molar-refractivity contribution in [2.45, 2.75) is 63.0 Å². The highest BCUT2D eigenvalue weighted by atomic mass is 35.5. The summed E-state index contributed by atoms with van der Waals surface area (Å²) in [5.74, 6) is 0.497. The van der Waals surface area contributed by atoms with Crippen LogP contribution in [0.1, 0.15) is 52.4 Å². The second-order valence-electron chi connectivity index (χ2n) is 5.38. The van der Waals surface area contributed by atoms with Crippen molar-refractivity contribution in [1.82, 2.24) is 4.72 Å². The summed E-state index contributed by atoms with van der Waals surface area (Å²) in [7, 11) is -3.15. The SMILES string of the molecule is CC(C)CC(Cl)CNS(=O)(=O)C1CCCCC1. The minimum atomic E-state index is -3.15. The van der Waals surface area contributed by atoms with Crippen LogP contribution < -0.4 is 4.72 Å². The lowest BCUT2D eigenvalue weighted by Gasteiger charge is -2.23. The molecule has 1 aliphatic rings. The van der Waals surface area contributed by atoms with E-state index in [0.717, 1.165) is 38.5 Å². The predicted octanol–water partition coefficient (Wildman–Crippen LogP) is 2.89. The van der Waals surface area contributed by atoms with Crippen LogP contribution in [0.15, 0.2) is 0 Å². The fourth-order valence-corrected chi connectivity index (χ4v) is 4.44. The third-order valence-electron chi connectivity index (χ3n) is 3.22. The molecular weight excluding hydrogens is 258 g/mol. The van der Waals surface area contributed by atoms with Crippen LogP contribution >= 0.6 is 11.6 Å². The molecule has 1 atom stereocenters. The fraction of sp³-hybridized carbons (Fsp3) is 1.00. The summed E-state index contributed by atoms with van der Waals surface area (Å²) in [6.45, 7) is 4.54. The molecular formula is C12H24ClNO2S. The molecule has 1 unspecified atom stereocenters. The van der Waals surface area contributed by atoms with Gasteiger partial charge >= 0.3 is 0 Å². The summed E-state index contributed by atoms with van der Waals surface area (Å²) in [6, 6.07) is 0. The first-order valence-electron chi connectivity index (χ1n) is 6.54. The lowest BCUT2D eigenvalue weighted by molar-refractivity contribution is 0.475. The van der Waals surface area contributed by atoms with Crippen molar-refractivity contribution in [3.05, 3.63) is 0 Å². The van der Waals surface area contributed by atoms with Crippen LogP contribution in [-0.2, 0) is 10.0 Å². The van der Waals surface area contributed by atoms with E-state index >= 15 is 0 Å². The number of hydrogen-bond donors (Lipinski definition) is 1. The molecule has 0 aliphatic heterocycles. The summed E-state index contributed by atoms with van der Waals surface area (Å²) in [4.78, 5) is 0. The van der Waals surface area contributed by atoms with E-state index in [4.69, 9.17) is 11.6 Å². The fourth-order valence-electron chi connectivity index (χ4n) is 2.29. The Morgan fingerprint density at radius 3 is 2.35 bits per heavy atom. The number of alkyl halides is 1. The number of hydrogen-bond acceptors (Lipinski definition) is 2. The van der Waals surface area contributed by atoms with E-state index in [-0.39, 0.29) is 10.6 Å².